The van der Waals surface area contributed by atoms with E-state index in [0.717, 1.165) is 0 Å². The van der Waals surface area contributed by atoms with Gasteiger partial charge in [0.2, 0.25) is 0 Å². The van der Waals surface area contributed by atoms with Crippen LogP contribution < -0.4 is 5.90 Å². The maximum absolute atomic E-state index is 4.95. The molecule has 0 saturated heterocycles. The summed E-state index contributed by atoms with van der Waals surface area (Å²) in [6, 6.07) is 14.5. The zero-order valence-electron chi connectivity index (χ0n) is 8.39. The monoisotopic (exact) mass is 199 g/mol. The summed E-state index contributed by atoms with van der Waals surface area (Å²) in [4.78, 5) is 4.49. The van der Waals surface area contributed by atoms with E-state index in [-0.39, 0.29) is 0 Å². The lowest BCUT2D eigenvalue weighted by Crippen LogP contribution is -1.96. The zero-order valence-corrected chi connectivity index (χ0v) is 8.39. The molecule has 15 heavy (non-hydrogen) atoms. The molecule has 2 heteroatoms. The number of nitrogens with two attached hydrogens (primary N) is 1. The SMILES string of the molecule is NOC/C=C/c1cccc2ccccc12. The number of hydrogen-bond donors (Lipinski definition) is 1. The molecule has 2 aromatic rings. The van der Waals surface area contributed by atoms with Crippen LogP contribution in [0.25, 0.3) is 16.8 Å². The summed E-state index contributed by atoms with van der Waals surface area (Å²) in [5, 5.41) is 2.49. The van der Waals surface area contributed by atoms with E-state index in [0.29, 0.717) is 6.61 Å². The lowest BCUT2D eigenvalue weighted by molar-refractivity contribution is 0.168. The molecular weight excluding hydrogens is 186 g/mol. The zero-order chi connectivity index (χ0) is 10.5. The van der Waals surface area contributed by atoms with E-state index in [1.807, 2.05) is 30.4 Å². The molecule has 0 unspecified atom stereocenters. The Morgan fingerprint density at radius 1 is 1.07 bits per heavy atom. The van der Waals surface area contributed by atoms with Gasteiger partial charge in [-0.1, -0.05) is 54.6 Å². The minimum atomic E-state index is 0.434. The maximum Gasteiger partial charge on any atom is 0.0864 e. The highest BCUT2D eigenvalue weighted by Crippen LogP contribution is 2.19. The number of hydrogen-bond acceptors (Lipinski definition) is 2. The molecule has 0 aromatic heterocycles. The second kappa shape index (κ2) is 4.73. The van der Waals surface area contributed by atoms with Crippen LogP contribution in [0.4, 0.5) is 0 Å². The van der Waals surface area contributed by atoms with E-state index < -0.39 is 0 Å². The first-order chi connectivity index (χ1) is 7.42. The smallest absolute Gasteiger partial charge is 0.0864 e. The summed E-state index contributed by atoms with van der Waals surface area (Å²) in [5.74, 6) is 4.95. The van der Waals surface area contributed by atoms with Gasteiger partial charge in [-0.2, -0.15) is 0 Å². The Hall–Kier alpha value is -1.64. The minimum Gasteiger partial charge on any atom is -0.300 e. The van der Waals surface area contributed by atoms with Crippen LogP contribution in [0.3, 0.4) is 0 Å². The van der Waals surface area contributed by atoms with E-state index in [4.69, 9.17) is 5.90 Å². The Bertz CT molecular complexity index is 471. The molecule has 0 atom stereocenters. The highest BCUT2D eigenvalue weighted by atomic mass is 16.6. The standard InChI is InChI=1S/C13H13NO/c14-15-10-4-8-12-7-3-6-11-5-1-2-9-13(11)12/h1-9H,10,14H2/b8-4+. The fraction of sp³-hybridized carbons (Fsp3) is 0.0769. The Morgan fingerprint density at radius 2 is 1.87 bits per heavy atom. The Balaban J connectivity index is 2.42. The van der Waals surface area contributed by atoms with Gasteiger partial charge in [-0.15, -0.1) is 0 Å². The van der Waals surface area contributed by atoms with Gasteiger partial charge in [0.25, 0.3) is 0 Å². The number of rotatable bonds is 3. The van der Waals surface area contributed by atoms with Crippen molar-refractivity contribution in [2.45, 2.75) is 0 Å². The van der Waals surface area contributed by atoms with Crippen molar-refractivity contribution < 1.29 is 4.84 Å². The summed E-state index contributed by atoms with van der Waals surface area (Å²) < 4.78 is 0. The van der Waals surface area contributed by atoms with Crippen molar-refractivity contribution in [2.75, 3.05) is 6.61 Å². The van der Waals surface area contributed by atoms with Crippen LogP contribution >= 0.6 is 0 Å². The normalized spacial score (nSPS) is 11.3. The second-order valence-electron chi connectivity index (χ2n) is 3.30. The van der Waals surface area contributed by atoms with Crippen molar-refractivity contribution in [3.05, 3.63) is 54.1 Å². The average Bonchev–Trinajstić information content (AvgIpc) is 2.30. The first-order valence-corrected chi connectivity index (χ1v) is 4.88. The van der Waals surface area contributed by atoms with Gasteiger partial charge < -0.3 is 4.84 Å². The first kappa shape index (κ1) is 9.90. The van der Waals surface area contributed by atoms with E-state index >= 15 is 0 Å². The molecule has 0 fully saturated rings. The molecule has 0 spiro atoms. The summed E-state index contributed by atoms with van der Waals surface area (Å²) in [6.45, 7) is 0.434. The summed E-state index contributed by atoms with van der Waals surface area (Å²) in [6.07, 6.45) is 3.93. The first-order valence-electron chi connectivity index (χ1n) is 4.88. The topological polar surface area (TPSA) is 35.2 Å². The Labute approximate surface area is 88.9 Å². The summed E-state index contributed by atoms with van der Waals surface area (Å²) in [5.41, 5.74) is 1.19. The van der Waals surface area contributed by atoms with Gasteiger partial charge >= 0.3 is 0 Å². The molecule has 0 aliphatic carbocycles. The lowest BCUT2D eigenvalue weighted by atomic mass is 10.0. The molecule has 0 bridgehead atoms. The van der Waals surface area contributed by atoms with Gasteiger partial charge in [-0.3, -0.25) is 0 Å². The third kappa shape index (κ3) is 2.24. The molecule has 2 aromatic carbocycles. The molecule has 0 heterocycles. The molecule has 2 rings (SSSR count). The highest BCUT2D eigenvalue weighted by molar-refractivity contribution is 5.90. The third-order valence-electron chi connectivity index (χ3n) is 2.31. The molecule has 76 valence electrons. The largest absolute Gasteiger partial charge is 0.300 e. The van der Waals surface area contributed by atoms with Crippen LogP contribution in [0, 0.1) is 0 Å². The van der Waals surface area contributed by atoms with Crippen LogP contribution in [0.5, 0.6) is 0 Å². The fourth-order valence-corrected chi connectivity index (χ4v) is 1.63. The molecule has 0 amide bonds. The predicted molar refractivity (Wildman–Crippen MR) is 63.1 cm³/mol. The lowest BCUT2D eigenvalue weighted by Gasteiger charge is -2.01. The molecular formula is C13H13NO. The summed E-state index contributed by atoms with van der Waals surface area (Å²) in [7, 11) is 0. The van der Waals surface area contributed by atoms with Gasteiger partial charge in [0.05, 0.1) is 6.61 Å². The van der Waals surface area contributed by atoms with E-state index in [2.05, 4.69) is 29.1 Å². The van der Waals surface area contributed by atoms with Gasteiger partial charge in [0, 0.05) is 0 Å². The van der Waals surface area contributed by atoms with Crippen molar-refractivity contribution in [3.8, 4) is 0 Å². The summed E-state index contributed by atoms with van der Waals surface area (Å²) >= 11 is 0. The fourth-order valence-electron chi connectivity index (χ4n) is 1.63. The van der Waals surface area contributed by atoms with Crippen LogP contribution in [0.1, 0.15) is 5.56 Å². The second-order valence-corrected chi connectivity index (χ2v) is 3.30. The van der Waals surface area contributed by atoms with Gasteiger partial charge in [-0.25, -0.2) is 5.90 Å². The van der Waals surface area contributed by atoms with Crippen LogP contribution in [0.2, 0.25) is 0 Å². The molecule has 2 nitrogen and oxygen atoms in total. The molecule has 0 radical (unpaired) electrons. The van der Waals surface area contributed by atoms with E-state index in [9.17, 15) is 0 Å². The third-order valence-corrected chi connectivity index (χ3v) is 2.31. The number of benzene rings is 2. The van der Waals surface area contributed by atoms with Crippen molar-refractivity contribution in [3.63, 3.8) is 0 Å². The van der Waals surface area contributed by atoms with Gasteiger partial charge in [0.15, 0.2) is 0 Å². The van der Waals surface area contributed by atoms with Crippen LogP contribution in [0.15, 0.2) is 48.5 Å². The average molecular weight is 199 g/mol. The minimum absolute atomic E-state index is 0.434. The van der Waals surface area contributed by atoms with E-state index in [1.54, 1.807) is 0 Å². The van der Waals surface area contributed by atoms with Gasteiger partial charge in [-0.05, 0) is 16.3 Å². The van der Waals surface area contributed by atoms with Crippen LogP contribution in [-0.4, -0.2) is 6.61 Å². The molecule has 2 N–H and O–H groups in total. The number of fused-ring (bicyclic) bond motifs is 1. The molecule has 0 aliphatic rings. The Morgan fingerprint density at radius 3 is 2.73 bits per heavy atom. The highest BCUT2D eigenvalue weighted by Gasteiger charge is 1.95. The van der Waals surface area contributed by atoms with Gasteiger partial charge in [0.1, 0.15) is 0 Å². The van der Waals surface area contributed by atoms with Crippen molar-refractivity contribution in [1.29, 1.82) is 0 Å². The predicted octanol–water partition coefficient (Wildman–Crippen LogP) is 2.74. The van der Waals surface area contributed by atoms with Crippen molar-refractivity contribution >= 4 is 16.8 Å². The van der Waals surface area contributed by atoms with Crippen molar-refractivity contribution in [2.24, 2.45) is 5.90 Å². The molecule has 0 aliphatic heterocycles. The maximum atomic E-state index is 4.95. The quantitative estimate of drug-likeness (QED) is 0.771. The Kier molecular flexibility index (Phi) is 3.12. The van der Waals surface area contributed by atoms with Crippen LogP contribution in [-0.2, 0) is 4.84 Å². The van der Waals surface area contributed by atoms with Crippen molar-refractivity contribution in [1.82, 2.24) is 0 Å². The molecule has 0 saturated carbocycles. The van der Waals surface area contributed by atoms with E-state index in [1.165, 1.54) is 16.3 Å².